The van der Waals surface area contributed by atoms with Crippen LogP contribution in [0.15, 0.2) is 24.3 Å². The van der Waals surface area contributed by atoms with Crippen LogP contribution in [0.5, 0.6) is 0 Å². The maximum Gasteiger partial charge on any atom is 0.342 e. The third-order valence-corrected chi connectivity index (χ3v) is 5.83. The Labute approximate surface area is 172 Å². The number of ether oxygens (including phenoxy) is 1. The molecule has 0 saturated heterocycles. The second-order valence-corrected chi connectivity index (χ2v) is 8.20. The number of carbonyl (C=O) groups excluding carboxylic acids is 3. The normalized spacial score (nSPS) is 13.9. The maximum absolute atomic E-state index is 12.7. The zero-order valence-electron chi connectivity index (χ0n) is 16.4. The molecule has 1 aromatic heterocycles. The lowest BCUT2D eigenvalue weighted by Crippen LogP contribution is -2.30. The zero-order valence-corrected chi connectivity index (χ0v) is 17.2. The lowest BCUT2D eigenvalue weighted by atomic mass is 10.1. The Morgan fingerprint density at radius 3 is 2.41 bits per heavy atom. The second kappa shape index (κ2) is 8.45. The molecule has 1 aliphatic rings. The van der Waals surface area contributed by atoms with Crippen LogP contribution >= 0.6 is 11.3 Å². The fourth-order valence-corrected chi connectivity index (χ4v) is 3.72. The van der Waals surface area contributed by atoms with E-state index < -0.39 is 18.0 Å². The van der Waals surface area contributed by atoms with Crippen LogP contribution in [-0.2, 0) is 14.3 Å². The molecule has 0 spiro atoms. The van der Waals surface area contributed by atoms with Gasteiger partial charge >= 0.3 is 5.97 Å². The van der Waals surface area contributed by atoms with Gasteiger partial charge in [-0.25, -0.2) is 4.79 Å². The summed E-state index contributed by atoms with van der Waals surface area (Å²) in [5.41, 5.74) is 1.99. The monoisotopic (exact) mass is 411 g/mol. The van der Waals surface area contributed by atoms with Crippen LogP contribution in [0.3, 0.4) is 0 Å². The van der Waals surface area contributed by atoms with Crippen molar-refractivity contribution in [3.05, 3.63) is 45.8 Å². The van der Waals surface area contributed by atoms with Gasteiger partial charge in [-0.3, -0.25) is 9.59 Å². The maximum atomic E-state index is 12.7. The second-order valence-electron chi connectivity index (χ2n) is 6.98. The van der Waals surface area contributed by atoms with E-state index in [1.54, 1.807) is 31.2 Å². The fourth-order valence-electron chi connectivity index (χ4n) is 2.67. The van der Waals surface area contributed by atoms with Gasteiger partial charge in [0.2, 0.25) is 5.91 Å². The first-order valence-corrected chi connectivity index (χ1v) is 10.0. The SMILES string of the molecule is Cc1sc(NC(=O)C2CC2)c(C(=O)O[C@H](C)C(=O)Nc2ccc(C#N)cc2)c1C. The number of benzene rings is 1. The first kappa shape index (κ1) is 20.6. The van der Waals surface area contributed by atoms with Crippen LogP contribution < -0.4 is 10.6 Å². The molecule has 1 atom stereocenters. The summed E-state index contributed by atoms with van der Waals surface area (Å²) in [6.45, 7) is 5.13. The number of anilines is 2. The molecule has 0 bridgehead atoms. The average molecular weight is 411 g/mol. The molecule has 2 N–H and O–H groups in total. The highest BCUT2D eigenvalue weighted by Gasteiger charge is 2.32. The van der Waals surface area contributed by atoms with E-state index in [2.05, 4.69) is 10.6 Å². The van der Waals surface area contributed by atoms with Gasteiger partial charge < -0.3 is 15.4 Å². The first-order valence-electron chi connectivity index (χ1n) is 9.23. The number of nitrogens with zero attached hydrogens (tertiary/aromatic N) is 1. The van der Waals surface area contributed by atoms with Gasteiger partial charge in [0.05, 0.1) is 17.2 Å². The summed E-state index contributed by atoms with van der Waals surface area (Å²) in [5.74, 6) is -1.22. The van der Waals surface area contributed by atoms with Gasteiger partial charge in [0.25, 0.3) is 5.91 Å². The number of rotatable bonds is 6. The Morgan fingerprint density at radius 1 is 1.17 bits per heavy atom. The average Bonchev–Trinajstić information content (AvgIpc) is 3.49. The van der Waals surface area contributed by atoms with E-state index in [0.717, 1.165) is 23.3 Å². The summed E-state index contributed by atoms with van der Waals surface area (Å²) in [5, 5.41) is 14.7. The van der Waals surface area contributed by atoms with Crippen molar-refractivity contribution in [3.8, 4) is 6.07 Å². The van der Waals surface area contributed by atoms with Crippen LogP contribution in [0.4, 0.5) is 10.7 Å². The minimum absolute atomic E-state index is 0.0127. The van der Waals surface area contributed by atoms with Crippen LogP contribution in [0.2, 0.25) is 0 Å². The molecule has 2 amide bonds. The van der Waals surface area contributed by atoms with Crippen molar-refractivity contribution >= 4 is 39.8 Å². The van der Waals surface area contributed by atoms with Crippen molar-refractivity contribution in [1.29, 1.82) is 5.26 Å². The van der Waals surface area contributed by atoms with Crippen molar-refractivity contribution in [2.75, 3.05) is 10.6 Å². The smallest absolute Gasteiger partial charge is 0.342 e. The fraction of sp³-hybridized carbons (Fsp3) is 0.333. The van der Waals surface area contributed by atoms with E-state index >= 15 is 0 Å². The topological polar surface area (TPSA) is 108 Å². The molecule has 150 valence electrons. The Morgan fingerprint density at radius 2 is 1.83 bits per heavy atom. The van der Waals surface area contributed by atoms with Crippen LogP contribution in [-0.4, -0.2) is 23.9 Å². The van der Waals surface area contributed by atoms with Gasteiger partial charge in [0, 0.05) is 16.5 Å². The van der Waals surface area contributed by atoms with Gasteiger partial charge in [-0.1, -0.05) is 0 Å². The molecule has 8 heteroatoms. The van der Waals surface area contributed by atoms with E-state index in [9.17, 15) is 14.4 Å². The minimum Gasteiger partial charge on any atom is -0.449 e. The molecular formula is C21H21N3O4S. The van der Waals surface area contributed by atoms with E-state index in [-0.39, 0.29) is 11.8 Å². The number of hydrogen-bond acceptors (Lipinski definition) is 6. The Kier molecular flexibility index (Phi) is 5.99. The summed E-state index contributed by atoms with van der Waals surface area (Å²) in [4.78, 5) is 38.1. The highest BCUT2D eigenvalue weighted by molar-refractivity contribution is 7.16. The highest BCUT2D eigenvalue weighted by Crippen LogP contribution is 2.36. The Balaban J connectivity index is 1.67. The summed E-state index contributed by atoms with van der Waals surface area (Å²) >= 11 is 1.32. The number of esters is 1. The van der Waals surface area contributed by atoms with Crippen molar-refractivity contribution in [1.82, 2.24) is 0 Å². The van der Waals surface area contributed by atoms with Crippen molar-refractivity contribution < 1.29 is 19.1 Å². The molecule has 0 aliphatic heterocycles. The number of hydrogen-bond donors (Lipinski definition) is 2. The molecule has 0 radical (unpaired) electrons. The number of carbonyl (C=O) groups is 3. The van der Waals surface area contributed by atoms with Crippen molar-refractivity contribution in [3.63, 3.8) is 0 Å². The zero-order chi connectivity index (χ0) is 21.1. The molecular weight excluding hydrogens is 390 g/mol. The molecule has 1 saturated carbocycles. The van der Waals surface area contributed by atoms with Crippen molar-refractivity contribution in [2.24, 2.45) is 5.92 Å². The predicted molar refractivity (Wildman–Crippen MR) is 110 cm³/mol. The van der Waals surface area contributed by atoms with Crippen molar-refractivity contribution in [2.45, 2.75) is 39.7 Å². The summed E-state index contributed by atoms with van der Waals surface area (Å²) < 4.78 is 5.36. The van der Waals surface area contributed by atoms with Crippen LogP contribution in [0.1, 0.15) is 46.1 Å². The van der Waals surface area contributed by atoms with E-state index in [1.165, 1.54) is 18.3 Å². The Bertz CT molecular complexity index is 1000. The molecule has 2 aromatic rings. The van der Waals surface area contributed by atoms with E-state index in [0.29, 0.717) is 21.8 Å². The third-order valence-electron chi connectivity index (χ3n) is 4.71. The molecule has 1 heterocycles. The predicted octanol–water partition coefficient (Wildman–Crippen LogP) is 3.77. The molecule has 29 heavy (non-hydrogen) atoms. The summed E-state index contributed by atoms with van der Waals surface area (Å²) in [6, 6.07) is 8.36. The van der Waals surface area contributed by atoms with Gasteiger partial charge in [-0.2, -0.15) is 5.26 Å². The molecule has 1 aliphatic carbocycles. The number of nitrogens with one attached hydrogen (secondary N) is 2. The van der Waals surface area contributed by atoms with Gasteiger partial charge in [0.1, 0.15) is 5.00 Å². The highest BCUT2D eigenvalue weighted by atomic mass is 32.1. The summed E-state index contributed by atoms with van der Waals surface area (Å²) in [7, 11) is 0. The first-order chi connectivity index (χ1) is 13.8. The lowest BCUT2D eigenvalue weighted by molar-refractivity contribution is -0.123. The lowest BCUT2D eigenvalue weighted by Gasteiger charge is -2.14. The van der Waals surface area contributed by atoms with E-state index in [4.69, 9.17) is 10.00 Å². The Hall–Kier alpha value is -3.18. The molecule has 0 unspecified atom stereocenters. The molecule has 3 rings (SSSR count). The van der Waals surface area contributed by atoms with Gasteiger partial charge in [0.15, 0.2) is 6.10 Å². The van der Waals surface area contributed by atoms with Crippen LogP contribution in [0, 0.1) is 31.1 Å². The minimum atomic E-state index is -1.04. The number of thiophene rings is 1. The number of amides is 2. The summed E-state index contributed by atoms with van der Waals surface area (Å²) in [6.07, 6.45) is 0.688. The number of aryl methyl sites for hydroxylation is 1. The largest absolute Gasteiger partial charge is 0.449 e. The molecule has 1 fully saturated rings. The van der Waals surface area contributed by atoms with Gasteiger partial charge in [-0.15, -0.1) is 11.3 Å². The van der Waals surface area contributed by atoms with E-state index in [1.807, 2.05) is 13.0 Å². The van der Waals surface area contributed by atoms with Gasteiger partial charge in [-0.05, 0) is 63.4 Å². The standard InChI is InChI=1S/C21H21N3O4S/c1-11-13(3)29-20(24-19(26)15-6-7-15)17(11)21(27)28-12(2)18(25)23-16-8-4-14(10-22)5-9-16/h4-5,8-9,12,15H,6-7H2,1-3H3,(H,23,25)(H,24,26)/t12-/m1/s1. The third kappa shape index (κ3) is 4.81. The quantitative estimate of drug-likeness (QED) is 0.704. The number of nitriles is 1. The molecule has 1 aromatic carbocycles. The van der Waals surface area contributed by atoms with Crippen LogP contribution in [0.25, 0.3) is 0 Å². The molecule has 7 nitrogen and oxygen atoms in total.